The lowest BCUT2D eigenvalue weighted by molar-refractivity contribution is -0.125. The van der Waals surface area contributed by atoms with Crippen molar-refractivity contribution in [3.63, 3.8) is 0 Å². The number of ether oxygens (including phenoxy) is 1. The van der Waals surface area contributed by atoms with Gasteiger partial charge in [0.05, 0.1) is 19.1 Å². The first-order valence-electron chi connectivity index (χ1n) is 5.99. The Morgan fingerprint density at radius 1 is 1.29 bits per heavy atom. The Bertz CT molecular complexity index is 248. The fraction of sp³-hybridized carbons (Fsp3) is 0.909. The van der Waals surface area contributed by atoms with Crippen LogP contribution in [0.3, 0.4) is 0 Å². The number of carbonyl (C=O) groups is 1. The van der Waals surface area contributed by atoms with Gasteiger partial charge in [-0.1, -0.05) is 13.3 Å². The quantitative estimate of drug-likeness (QED) is 0.441. The molecule has 1 saturated heterocycles. The average molecular weight is 247 g/mol. The van der Waals surface area contributed by atoms with Crippen LogP contribution in [0.15, 0.2) is 0 Å². The molecule has 0 aromatic rings. The van der Waals surface area contributed by atoms with Crippen molar-refractivity contribution in [2.45, 2.75) is 50.6 Å². The van der Waals surface area contributed by atoms with Crippen molar-refractivity contribution < 1.29 is 24.9 Å². The highest BCUT2D eigenvalue weighted by Gasteiger charge is 2.42. The van der Waals surface area contributed by atoms with Gasteiger partial charge in [-0.2, -0.15) is 0 Å². The summed E-state index contributed by atoms with van der Waals surface area (Å²) in [5.41, 5.74) is 0. The lowest BCUT2D eigenvalue weighted by Gasteiger charge is -2.14. The maximum absolute atomic E-state index is 11.5. The molecule has 0 spiro atoms. The lowest BCUT2D eigenvalue weighted by atomic mass is 10.1. The molecule has 0 radical (unpaired) electrons. The van der Waals surface area contributed by atoms with Crippen LogP contribution in [0.5, 0.6) is 0 Å². The van der Waals surface area contributed by atoms with Gasteiger partial charge in [0.15, 0.2) is 0 Å². The van der Waals surface area contributed by atoms with E-state index in [1.165, 1.54) is 0 Å². The SMILES string of the molecule is CCCCNC(=O)C[C@@H]1O[C@H](CO)[C@@H](O)[C@@H]1O. The molecule has 6 heteroatoms. The summed E-state index contributed by atoms with van der Waals surface area (Å²) in [6, 6.07) is 0. The Hall–Kier alpha value is -0.690. The summed E-state index contributed by atoms with van der Waals surface area (Å²) < 4.78 is 5.20. The number of amides is 1. The van der Waals surface area contributed by atoms with E-state index >= 15 is 0 Å². The molecule has 0 aromatic carbocycles. The first kappa shape index (κ1) is 14.4. The van der Waals surface area contributed by atoms with E-state index in [-0.39, 0.29) is 18.9 Å². The van der Waals surface area contributed by atoms with Crippen LogP contribution in [0, 0.1) is 0 Å². The number of nitrogens with one attached hydrogen (secondary N) is 1. The minimum atomic E-state index is -1.13. The average Bonchev–Trinajstić information content (AvgIpc) is 2.57. The zero-order chi connectivity index (χ0) is 12.8. The zero-order valence-electron chi connectivity index (χ0n) is 10.0. The molecular weight excluding hydrogens is 226 g/mol. The van der Waals surface area contributed by atoms with Crippen molar-refractivity contribution in [3.8, 4) is 0 Å². The Labute approximate surface area is 101 Å². The van der Waals surface area contributed by atoms with Gasteiger partial charge in [0.2, 0.25) is 5.91 Å². The molecule has 1 aliphatic heterocycles. The highest BCUT2D eigenvalue weighted by molar-refractivity contribution is 5.76. The number of hydrogen-bond donors (Lipinski definition) is 4. The lowest BCUT2D eigenvalue weighted by Crippen LogP contribution is -2.36. The Morgan fingerprint density at radius 2 is 1.94 bits per heavy atom. The maximum atomic E-state index is 11.5. The molecule has 17 heavy (non-hydrogen) atoms. The Kier molecular flexibility index (Phi) is 5.84. The van der Waals surface area contributed by atoms with Gasteiger partial charge >= 0.3 is 0 Å². The molecule has 0 saturated carbocycles. The van der Waals surface area contributed by atoms with Gasteiger partial charge in [-0.3, -0.25) is 4.79 Å². The molecule has 0 aromatic heterocycles. The summed E-state index contributed by atoms with van der Waals surface area (Å²) in [5.74, 6) is -0.215. The van der Waals surface area contributed by atoms with E-state index in [4.69, 9.17) is 9.84 Å². The van der Waals surface area contributed by atoms with Gasteiger partial charge in [0.25, 0.3) is 0 Å². The Morgan fingerprint density at radius 3 is 2.47 bits per heavy atom. The van der Waals surface area contributed by atoms with Crippen molar-refractivity contribution in [2.75, 3.05) is 13.2 Å². The number of carbonyl (C=O) groups excluding carboxylic acids is 1. The molecule has 6 nitrogen and oxygen atoms in total. The van der Waals surface area contributed by atoms with E-state index in [2.05, 4.69) is 5.32 Å². The van der Waals surface area contributed by atoms with Gasteiger partial charge < -0.3 is 25.4 Å². The van der Waals surface area contributed by atoms with E-state index in [1.54, 1.807) is 0 Å². The van der Waals surface area contributed by atoms with Crippen LogP contribution in [0.2, 0.25) is 0 Å². The molecule has 1 rings (SSSR count). The molecule has 1 heterocycles. The third-order valence-corrected chi connectivity index (χ3v) is 2.88. The third-order valence-electron chi connectivity index (χ3n) is 2.88. The van der Waals surface area contributed by atoms with E-state index in [0.717, 1.165) is 12.8 Å². The predicted molar refractivity (Wildman–Crippen MR) is 60.3 cm³/mol. The molecule has 0 aliphatic carbocycles. The molecule has 4 N–H and O–H groups in total. The van der Waals surface area contributed by atoms with Crippen molar-refractivity contribution >= 4 is 5.91 Å². The van der Waals surface area contributed by atoms with Crippen molar-refractivity contribution in [1.29, 1.82) is 0 Å². The summed E-state index contributed by atoms with van der Waals surface area (Å²) >= 11 is 0. The largest absolute Gasteiger partial charge is 0.394 e. The number of rotatable bonds is 6. The van der Waals surface area contributed by atoms with E-state index in [0.29, 0.717) is 6.54 Å². The van der Waals surface area contributed by atoms with Crippen LogP contribution in [0.25, 0.3) is 0 Å². The normalized spacial score (nSPS) is 32.7. The number of unbranched alkanes of at least 4 members (excludes halogenated alkanes) is 1. The maximum Gasteiger partial charge on any atom is 0.222 e. The van der Waals surface area contributed by atoms with Crippen molar-refractivity contribution in [2.24, 2.45) is 0 Å². The third kappa shape index (κ3) is 3.92. The predicted octanol–water partition coefficient (Wildman–Crippen LogP) is -1.23. The van der Waals surface area contributed by atoms with Crippen LogP contribution < -0.4 is 5.32 Å². The van der Waals surface area contributed by atoms with E-state index in [1.807, 2.05) is 6.92 Å². The second-order valence-electron chi connectivity index (χ2n) is 4.28. The highest BCUT2D eigenvalue weighted by Crippen LogP contribution is 2.23. The molecule has 100 valence electrons. The standard InChI is InChI=1S/C11H21NO5/c1-2-3-4-12-9(14)5-7-10(15)11(16)8(6-13)17-7/h7-8,10-11,13,15-16H,2-6H2,1H3,(H,12,14)/t7-,8+,10+,11+/m0/s1. The summed E-state index contributed by atoms with van der Waals surface area (Å²) in [6.07, 6.45) is -1.91. The smallest absolute Gasteiger partial charge is 0.222 e. The van der Waals surface area contributed by atoms with Gasteiger partial charge in [-0.05, 0) is 6.42 Å². The highest BCUT2D eigenvalue weighted by atomic mass is 16.6. The fourth-order valence-corrected chi connectivity index (χ4v) is 1.80. The molecule has 1 aliphatic rings. The second-order valence-corrected chi connectivity index (χ2v) is 4.28. The van der Waals surface area contributed by atoms with Gasteiger partial charge in [0.1, 0.15) is 18.3 Å². The summed E-state index contributed by atoms with van der Waals surface area (Å²) in [6.45, 7) is 2.26. The monoisotopic (exact) mass is 247 g/mol. The van der Waals surface area contributed by atoms with Gasteiger partial charge in [0, 0.05) is 6.54 Å². The second kappa shape index (κ2) is 6.90. The molecule has 4 atom stereocenters. The number of aliphatic hydroxyl groups excluding tert-OH is 3. The van der Waals surface area contributed by atoms with E-state index in [9.17, 15) is 15.0 Å². The van der Waals surface area contributed by atoms with Crippen LogP contribution in [-0.2, 0) is 9.53 Å². The number of aliphatic hydroxyl groups is 3. The molecule has 0 bridgehead atoms. The minimum absolute atomic E-state index is 0.00155. The fourth-order valence-electron chi connectivity index (χ4n) is 1.80. The van der Waals surface area contributed by atoms with Crippen molar-refractivity contribution in [3.05, 3.63) is 0 Å². The van der Waals surface area contributed by atoms with Crippen molar-refractivity contribution in [1.82, 2.24) is 5.32 Å². The molecule has 1 fully saturated rings. The minimum Gasteiger partial charge on any atom is -0.394 e. The summed E-state index contributed by atoms with van der Waals surface area (Å²) in [7, 11) is 0. The Balaban J connectivity index is 2.34. The van der Waals surface area contributed by atoms with Crippen LogP contribution in [0.4, 0.5) is 0 Å². The zero-order valence-corrected chi connectivity index (χ0v) is 10.0. The topological polar surface area (TPSA) is 99.0 Å². The van der Waals surface area contributed by atoms with Crippen LogP contribution in [-0.4, -0.2) is 58.8 Å². The molecule has 0 unspecified atom stereocenters. The van der Waals surface area contributed by atoms with E-state index < -0.39 is 24.4 Å². The first-order chi connectivity index (χ1) is 8.10. The molecule has 1 amide bonds. The summed E-state index contributed by atoms with van der Waals surface area (Å²) in [4.78, 5) is 11.5. The first-order valence-corrected chi connectivity index (χ1v) is 5.99. The summed E-state index contributed by atoms with van der Waals surface area (Å²) in [5, 5.41) is 30.7. The molecular formula is C11H21NO5. The van der Waals surface area contributed by atoms with Gasteiger partial charge in [-0.25, -0.2) is 0 Å². The van der Waals surface area contributed by atoms with Crippen LogP contribution >= 0.6 is 0 Å². The van der Waals surface area contributed by atoms with Crippen LogP contribution in [0.1, 0.15) is 26.2 Å². The number of hydrogen-bond acceptors (Lipinski definition) is 5. The van der Waals surface area contributed by atoms with Gasteiger partial charge in [-0.15, -0.1) is 0 Å².